The van der Waals surface area contributed by atoms with Crippen LogP contribution >= 0.6 is 0 Å². The molecule has 1 heterocycles. The number of urea groups is 1. The molecule has 9 nitrogen and oxygen atoms in total. The SMILES string of the molecule is NC(=O)c1[nH]c2ccc([N+](=O)[O-])cc2c1-c1ccc(NC(=O)Nc2ccc(C(F)(F)F)cc2F)cc1. The molecule has 0 unspecified atom stereocenters. The molecule has 0 atom stereocenters. The van der Waals surface area contributed by atoms with Crippen LogP contribution < -0.4 is 16.4 Å². The topological polar surface area (TPSA) is 143 Å². The highest BCUT2D eigenvalue weighted by Gasteiger charge is 2.31. The maximum Gasteiger partial charge on any atom is 0.416 e. The number of hydrogen-bond donors (Lipinski definition) is 4. The molecule has 0 bridgehead atoms. The minimum absolute atomic E-state index is 0.0294. The third-order valence-corrected chi connectivity index (χ3v) is 5.22. The van der Waals surface area contributed by atoms with Gasteiger partial charge in [-0.2, -0.15) is 13.2 Å². The van der Waals surface area contributed by atoms with Gasteiger partial charge in [-0.05, 0) is 42.0 Å². The van der Waals surface area contributed by atoms with Crippen molar-refractivity contribution in [3.63, 3.8) is 0 Å². The van der Waals surface area contributed by atoms with Gasteiger partial charge in [0.1, 0.15) is 11.5 Å². The van der Waals surface area contributed by atoms with E-state index in [1.165, 1.54) is 42.5 Å². The second-order valence-electron chi connectivity index (χ2n) is 7.58. The van der Waals surface area contributed by atoms with Crippen molar-refractivity contribution in [1.29, 1.82) is 0 Å². The van der Waals surface area contributed by atoms with Gasteiger partial charge in [0.25, 0.3) is 11.6 Å². The first-order valence-electron chi connectivity index (χ1n) is 10.1. The molecular weight excluding hydrogens is 486 g/mol. The van der Waals surface area contributed by atoms with Crippen LogP contribution in [0.15, 0.2) is 60.7 Å². The molecule has 3 amide bonds. The molecule has 0 spiro atoms. The first-order chi connectivity index (χ1) is 16.9. The number of nitrogens with two attached hydrogens (primary N) is 1. The third-order valence-electron chi connectivity index (χ3n) is 5.22. The van der Waals surface area contributed by atoms with Crippen LogP contribution in [0.1, 0.15) is 16.1 Å². The van der Waals surface area contributed by atoms with Crippen molar-refractivity contribution in [2.75, 3.05) is 10.6 Å². The fourth-order valence-electron chi connectivity index (χ4n) is 3.58. The first-order valence-corrected chi connectivity index (χ1v) is 10.1. The maximum atomic E-state index is 14.0. The van der Waals surface area contributed by atoms with Gasteiger partial charge >= 0.3 is 12.2 Å². The summed E-state index contributed by atoms with van der Waals surface area (Å²) in [6.45, 7) is 0. The van der Waals surface area contributed by atoms with E-state index in [9.17, 15) is 37.3 Å². The van der Waals surface area contributed by atoms with Crippen LogP contribution in [0.25, 0.3) is 22.0 Å². The lowest BCUT2D eigenvalue weighted by Crippen LogP contribution is -2.20. The number of non-ortho nitro benzene ring substituents is 1. The number of fused-ring (bicyclic) bond motifs is 1. The Bertz CT molecular complexity index is 1510. The number of nitrogens with one attached hydrogen (secondary N) is 3. The summed E-state index contributed by atoms with van der Waals surface area (Å²) in [5, 5.41) is 16.1. The fraction of sp³-hybridized carbons (Fsp3) is 0.0435. The fourth-order valence-corrected chi connectivity index (χ4v) is 3.58. The molecule has 0 aliphatic heterocycles. The number of H-pyrrole nitrogens is 1. The number of rotatable bonds is 5. The van der Waals surface area contributed by atoms with E-state index < -0.39 is 40.1 Å². The molecule has 0 aliphatic carbocycles. The van der Waals surface area contributed by atoms with Crippen LogP contribution in [0.5, 0.6) is 0 Å². The number of benzene rings is 3. The number of nitro groups is 1. The lowest BCUT2D eigenvalue weighted by atomic mass is 10.0. The Hall–Kier alpha value is -4.94. The highest BCUT2D eigenvalue weighted by molar-refractivity contribution is 6.10. The highest BCUT2D eigenvalue weighted by atomic mass is 19.4. The Morgan fingerprint density at radius 1 is 0.972 bits per heavy atom. The van der Waals surface area contributed by atoms with Gasteiger partial charge in [0, 0.05) is 34.3 Å². The Morgan fingerprint density at radius 3 is 2.25 bits per heavy atom. The molecule has 0 radical (unpaired) electrons. The number of carbonyl (C=O) groups excluding carboxylic acids is 2. The summed E-state index contributed by atoms with van der Waals surface area (Å²) < 4.78 is 52.0. The van der Waals surface area contributed by atoms with E-state index in [-0.39, 0.29) is 23.1 Å². The molecular formula is C23H15F4N5O4. The number of aromatic amines is 1. The number of nitrogens with zero attached hydrogens (tertiary/aromatic N) is 1. The lowest BCUT2D eigenvalue weighted by molar-refractivity contribution is -0.384. The number of alkyl halides is 3. The van der Waals surface area contributed by atoms with Crippen molar-refractivity contribution >= 4 is 39.9 Å². The minimum atomic E-state index is -4.73. The van der Waals surface area contributed by atoms with Crippen molar-refractivity contribution < 1.29 is 32.1 Å². The highest BCUT2D eigenvalue weighted by Crippen LogP contribution is 2.35. The predicted octanol–water partition coefficient (Wildman–Crippen LogP) is 5.64. The average Bonchev–Trinajstić information content (AvgIpc) is 3.19. The van der Waals surface area contributed by atoms with Crippen molar-refractivity contribution in [3.8, 4) is 11.1 Å². The second-order valence-corrected chi connectivity index (χ2v) is 7.58. The van der Waals surface area contributed by atoms with E-state index in [0.717, 1.165) is 6.07 Å². The average molecular weight is 501 g/mol. The zero-order valence-corrected chi connectivity index (χ0v) is 17.9. The molecule has 0 aliphatic rings. The van der Waals surface area contributed by atoms with Crippen LogP contribution in [0.4, 0.5) is 39.4 Å². The van der Waals surface area contributed by atoms with Gasteiger partial charge < -0.3 is 21.4 Å². The van der Waals surface area contributed by atoms with Crippen molar-refractivity contribution in [2.24, 2.45) is 5.73 Å². The zero-order valence-electron chi connectivity index (χ0n) is 17.9. The maximum absolute atomic E-state index is 14.0. The van der Waals surface area contributed by atoms with E-state index in [2.05, 4.69) is 15.6 Å². The quantitative estimate of drug-likeness (QED) is 0.159. The number of aromatic nitrogens is 1. The number of amides is 3. The second kappa shape index (κ2) is 9.02. The third kappa shape index (κ3) is 4.80. The van der Waals surface area contributed by atoms with Crippen LogP contribution in [-0.4, -0.2) is 21.8 Å². The zero-order chi connectivity index (χ0) is 26.2. The number of primary amides is 1. The molecule has 36 heavy (non-hydrogen) atoms. The summed E-state index contributed by atoms with van der Waals surface area (Å²) in [5.74, 6) is -2.05. The molecule has 5 N–H and O–H groups in total. The summed E-state index contributed by atoms with van der Waals surface area (Å²) in [4.78, 5) is 37.6. The number of carbonyl (C=O) groups is 2. The van der Waals surface area contributed by atoms with Gasteiger partial charge in [0.05, 0.1) is 16.2 Å². The Kier molecular flexibility index (Phi) is 6.06. The summed E-state index contributed by atoms with van der Waals surface area (Å²) in [5.41, 5.74) is 5.11. The summed E-state index contributed by atoms with van der Waals surface area (Å²) in [7, 11) is 0. The van der Waals surface area contributed by atoms with Gasteiger partial charge in [-0.25, -0.2) is 9.18 Å². The van der Waals surface area contributed by atoms with E-state index >= 15 is 0 Å². The number of halogens is 4. The lowest BCUT2D eigenvalue weighted by Gasteiger charge is -2.11. The monoisotopic (exact) mass is 501 g/mol. The largest absolute Gasteiger partial charge is 0.416 e. The van der Waals surface area contributed by atoms with Crippen molar-refractivity contribution in [2.45, 2.75) is 6.18 Å². The van der Waals surface area contributed by atoms with E-state index in [0.29, 0.717) is 28.1 Å². The van der Waals surface area contributed by atoms with Crippen LogP contribution in [-0.2, 0) is 6.18 Å². The normalized spacial score (nSPS) is 11.3. The van der Waals surface area contributed by atoms with Crippen LogP contribution in [0, 0.1) is 15.9 Å². The summed E-state index contributed by atoms with van der Waals surface area (Å²) in [6.07, 6.45) is -4.73. The van der Waals surface area contributed by atoms with Crippen LogP contribution in [0.3, 0.4) is 0 Å². The van der Waals surface area contributed by atoms with Gasteiger partial charge in [-0.15, -0.1) is 0 Å². The molecule has 3 aromatic carbocycles. The molecule has 0 saturated carbocycles. The molecule has 184 valence electrons. The van der Waals surface area contributed by atoms with E-state index in [1.807, 2.05) is 0 Å². The van der Waals surface area contributed by atoms with Gasteiger partial charge in [0.2, 0.25) is 0 Å². The van der Waals surface area contributed by atoms with Crippen LogP contribution in [0.2, 0.25) is 0 Å². The standard InChI is InChI=1S/C23H15F4N5O4/c24-16-9-12(23(25,26)27)3-7-18(16)31-22(34)29-13-4-1-11(2-5-13)19-15-10-14(32(35)36)6-8-17(15)30-20(19)21(28)33/h1-10,30H,(H2,28,33)(H2,29,31,34). The minimum Gasteiger partial charge on any atom is -0.364 e. The smallest absolute Gasteiger partial charge is 0.364 e. The van der Waals surface area contributed by atoms with Gasteiger partial charge in [0.15, 0.2) is 0 Å². The number of nitro benzene ring substituents is 1. The molecule has 4 aromatic rings. The van der Waals surface area contributed by atoms with E-state index in [4.69, 9.17) is 5.73 Å². The number of anilines is 2. The number of hydrogen-bond acceptors (Lipinski definition) is 4. The molecule has 0 fully saturated rings. The summed E-state index contributed by atoms with van der Waals surface area (Å²) >= 11 is 0. The Labute approximate surface area is 199 Å². The molecule has 13 heteroatoms. The Morgan fingerprint density at radius 2 is 1.67 bits per heavy atom. The van der Waals surface area contributed by atoms with E-state index in [1.54, 1.807) is 0 Å². The molecule has 4 rings (SSSR count). The summed E-state index contributed by atoms with van der Waals surface area (Å²) in [6, 6.07) is 10.7. The van der Waals surface area contributed by atoms with Crippen molar-refractivity contribution in [3.05, 3.63) is 87.9 Å². The van der Waals surface area contributed by atoms with Gasteiger partial charge in [-0.3, -0.25) is 14.9 Å². The predicted molar refractivity (Wildman–Crippen MR) is 123 cm³/mol. The molecule has 0 saturated heterocycles. The Balaban J connectivity index is 1.57. The van der Waals surface area contributed by atoms with Gasteiger partial charge in [-0.1, -0.05) is 12.1 Å². The first kappa shape index (κ1) is 24.2. The molecule has 1 aromatic heterocycles. The van der Waals surface area contributed by atoms with Crippen molar-refractivity contribution in [1.82, 2.24) is 4.98 Å².